The summed E-state index contributed by atoms with van der Waals surface area (Å²) < 4.78 is 21.5. The quantitative estimate of drug-likeness (QED) is 0.156. The minimum atomic E-state index is -3.83. The number of rotatable bonds is 20. The maximum absolute atomic E-state index is 11.6. The first-order chi connectivity index (χ1) is 14.7. The van der Waals surface area contributed by atoms with Gasteiger partial charge in [0, 0.05) is 19.6 Å². The Morgan fingerprint density at radius 2 is 1.03 bits per heavy atom. The standard InChI is InChI=1S/C16H35O4P.C6H15NO3/c1-15(2)11-7-5-9-13-19-21(17,18)20-14-10-6-8-12-16(3)4;8-4-1-7(2-5-9)3-6-10/h15-16H,5-14H2,1-4H3,(H,17,18);8-10H,1-6H2. The molecular formula is C22H50NO7P. The van der Waals surface area contributed by atoms with Crippen LogP contribution in [0.1, 0.15) is 79.1 Å². The van der Waals surface area contributed by atoms with Gasteiger partial charge in [-0.05, 0) is 24.7 Å². The summed E-state index contributed by atoms with van der Waals surface area (Å²) in [5.74, 6) is 1.43. The van der Waals surface area contributed by atoms with E-state index in [0.717, 1.165) is 38.5 Å². The molecule has 0 fully saturated rings. The van der Waals surface area contributed by atoms with E-state index in [2.05, 4.69) is 27.7 Å². The van der Waals surface area contributed by atoms with E-state index in [1.807, 2.05) is 0 Å². The van der Waals surface area contributed by atoms with Crippen molar-refractivity contribution in [2.75, 3.05) is 52.7 Å². The lowest BCUT2D eigenvalue weighted by atomic mass is 10.1. The minimum absolute atomic E-state index is 0.0694. The minimum Gasteiger partial charge on any atom is -0.395 e. The molecule has 0 saturated heterocycles. The Morgan fingerprint density at radius 1 is 0.677 bits per heavy atom. The highest BCUT2D eigenvalue weighted by molar-refractivity contribution is 7.47. The molecule has 0 bridgehead atoms. The second-order valence-electron chi connectivity index (χ2n) is 8.63. The summed E-state index contributed by atoms with van der Waals surface area (Å²) in [5.41, 5.74) is 0. The Bertz CT molecular complexity index is 373. The molecule has 0 saturated carbocycles. The van der Waals surface area contributed by atoms with Crippen molar-refractivity contribution in [2.24, 2.45) is 11.8 Å². The van der Waals surface area contributed by atoms with Crippen molar-refractivity contribution in [1.82, 2.24) is 4.90 Å². The van der Waals surface area contributed by atoms with Gasteiger partial charge in [0.05, 0.1) is 33.0 Å². The van der Waals surface area contributed by atoms with Gasteiger partial charge in [-0.2, -0.15) is 0 Å². The van der Waals surface area contributed by atoms with E-state index >= 15 is 0 Å². The molecule has 9 heteroatoms. The zero-order valence-electron chi connectivity index (χ0n) is 20.4. The van der Waals surface area contributed by atoms with Gasteiger partial charge in [0.2, 0.25) is 0 Å². The van der Waals surface area contributed by atoms with Crippen molar-refractivity contribution in [1.29, 1.82) is 0 Å². The van der Waals surface area contributed by atoms with E-state index in [4.69, 9.17) is 24.4 Å². The van der Waals surface area contributed by atoms with Gasteiger partial charge in [-0.3, -0.25) is 13.9 Å². The van der Waals surface area contributed by atoms with Crippen LogP contribution >= 0.6 is 7.82 Å². The number of phosphoric ester groups is 1. The van der Waals surface area contributed by atoms with Gasteiger partial charge in [0.25, 0.3) is 0 Å². The van der Waals surface area contributed by atoms with E-state index in [-0.39, 0.29) is 19.8 Å². The highest BCUT2D eigenvalue weighted by atomic mass is 31.2. The second-order valence-corrected chi connectivity index (χ2v) is 10.1. The first kappa shape index (κ1) is 33.1. The van der Waals surface area contributed by atoms with Crippen LogP contribution in [0.4, 0.5) is 0 Å². The lowest BCUT2D eigenvalue weighted by molar-refractivity contribution is 0.136. The van der Waals surface area contributed by atoms with E-state index in [0.29, 0.717) is 44.7 Å². The van der Waals surface area contributed by atoms with E-state index in [9.17, 15) is 9.46 Å². The topological polar surface area (TPSA) is 120 Å². The van der Waals surface area contributed by atoms with Crippen LogP contribution in [0.15, 0.2) is 0 Å². The lowest BCUT2D eigenvalue weighted by Gasteiger charge is -2.17. The molecule has 0 spiro atoms. The largest absolute Gasteiger partial charge is 0.472 e. The molecule has 4 N–H and O–H groups in total. The number of nitrogens with zero attached hydrogens (tertiary/aromatic N) is 1. The molecular weight excluding hydrogens is 421 g/mol. The molecule has 0 aromatic carbocycles. The SMILES string of the molecule is CC(C)CCCCCOP(=O)(O)OCCCCCC(C)C.OCCN(CCO)CCO. The molecule has 190 valence electrons. The highest BCUT2D eigenvalue weighted by Gasteiger charge is 2.19. The molecule has 0 aliphatic rings. The maximum Gasteiger partial charge on any atom is 0.472 e. The molecule has 0 rings (SSSR count). The Morgan fingerprint density at radius 3 is 1.32 bits per heavy atom. The molecule has 8 nitrogen and oxygen atoms in total. The number of phosphoric acid groups is 1. The predicted molar refractivity (Wildman–Crippen MR) is 126 cm³/mol. The number of hydrogen-bond donors (Lipinski definition) is 4. The van der Waals surface area contributed by atoms with Crippen LogP contribution in [-0.2, 0) is 13.6 Å². The van der Waals surface area contributed by atoms with Crippen LogP contribution in [-0.4, -0.2) is 77.8 Å². The van der Waals surface area contributed by atoms with Crippen LogP contribution in [0, 0.1) is 11.8 Å². The normalized spacial score (nSPS) is 12.0. The third kappa shape index (κ3) is 27.9. The molecule has 0 aromatic rings. The predicted octanol–water partition coefficient (Wildman–Crippen LogP) is 3.82. The Labute approximate surface area is 190 Å². The Hall–Kier alpha value is -0.0500. The molecule has 0 aromatic heterocycles. The van der Waals surface area contributed by atoms with Crippen LogP contribution < -0.4 is 0 Å². The van der Waals surface area contributed by atoms with Crippen molar-refractivity contribution < 1.29 is 33.8 Å². The summed E-state index contributed by atoms with van der Waals surface area (Å²) in [6.45, 7) is 11.2. The van der Waals surface area contributed by atoms with Gasteiger partial charge in [0.15, 0.2) is 0 Å². The average molecular weight is 472 g/mol. The third-order valence-corrected chi connectivity index (χ3v) is 5.63. The Balaban J connectivity index is 0. The number of aliphatic hydroxyl groups excluding tert-OH is 3. The summed E-state index contributed by atoms with van der Waals surface area (Å²) in [6, 6.07) is 0. The molecule has 0 unspecified atom stereocenters. The van der Waals surface area contributed by atoms with Crippen molar-refractivity contribution in [3.8, 4) is 0 Å². The van der Waals surface area contributed by atoms with Crippen molar-refractivity contribution >= 4 is 7.82 Å². The molecule has 0 aliphatic heterocycles. The summed E-state index contributed by atoms with van der Waals surface area (Å²) in [6.07, 6.45) is 8.39. The number of unbranched alkanes of at least 4 members (excludes halogenated alkanes) is 4. The summed E-state index contributed by atoms with van der Waals surface area (Å²) in [5, 5.41) is 25.5. The average Bonchev–Trinajstić information content (AvgIpc) is 2.68. The van der Waals surface area contributed by atoms with Crippen LogP contribution in [0.5, 0.6) is 0 Å². The van der Waals surface area contributed by atoms with E-state index < -0.39 is 7.82 Å². The molecule has 31 heavy (non-hydrogen) atoms. The summed E-state index contributed by atoms with van der Waals surface area (Å²) >= 11 is 0. The fourth-order valence-electron chi connectivity index (χ4n) is 2.82. The lowest BCUT2D eigenvalue weighted by Crippen LogP contribution is -2.32. The van der Waals surface area contributed by atoms with Gasteiger partial charge < -0.3 is 20.2 Å². The molecule has 0 aliphatic carbocycles. The van der Waals surface area contributed by atoms with Crippen LogP contribution in [0.25, 0.3) is 0 Å². The van der Waals surface area contributed by atoms with Gasteiger partial charge in [-0.1, -0.05) is 66.2 Å². The van der Waals surface area contributed by atoms with Crippen LogP contribution in [0.2, 0.25) is 0 Å². The number of hydrogen-bond acceptors (Lipinski definition) is 7. The van der Waals surface area contributed by atoms with Gasteiger partial charge >= 0.3 is 7.82 Å². The highest BCUT2D eigenvalue weighted by Crippen LogP contribution is 2.43. The summed E-state index contributed by atoms with van der Waals surface area (Å²) in [7, 11) is -3.83. The fraction of sp³-hybridized carbons (Fsp3) is 1.00. The van der Waals surface area contributed by atoms with Crippen LogP contribution in [0.3, 0.4) is 0 Å². The first-order valence-electron chi connectivity index (χ1n) is 11.8. The monoisotopic (exact) mass is 471 g/mol. The van der Waals surface area contributed by atoms with E-state index in [1.165, 1.54) is 12.8 Å². The van der Waals surface area contributed by atoms with Gasteiger partial charge in [-0.15, -0.1) is 0 Å². The van der Waals surface area contributed by atoms with Crippen molar-refractivity contribution in [3.63, 3.8) is 0 Å². The molecule has 0 amide bonds. The van der Waals surface area contributed by atoms with Crippen molar-refractivity contribution in [3.05, 3.63) is 0 Å². The van der Waals surface area contributed by atoms with Gasteiger partial charge in [0.1, 0.15) is 0 Å². The first-order valence-corrected chi connectivity index (χ1v) is 13.3. The molecule has 0 atom stereocenters. The third-order valence-electron chi connectivity index (χ3n) is 4.61. The van der Waals surface area contributed by atoms with Crippen molar-refractivity contribution in [2.45, 2.75) is 79.1 Å². The zero-order chi connectivity index (χ0) is 24.0. The Kier molecular flexibility index (Phi) is 24.7. The van der Waals surface area contributed by atoms with E-state index in [1.54, 1.807) is 4.90 Å². The second kappa shape index (κ2) is 23.1. The fourth-order valence-corrected chi connectivity index (χ4v) is 3.61. The maximum atomic E-state index is 11.6. The number of aliphatic hydroxyl groups is 3. The van der Waals surface area contributed by atoms with Gasteiger partial charge in [-0.25, -0.2) is 4.57 Å². The molecule has 0 heterocycles. The molecule has 0 radical (unpaired) electrons. The summed E-state index contributed by atoms with van der Waals surface area (Å²) in [4.78, 5) is 11.3. The smallest absolute Gasteiger partial charge is 0.395 e. The zero-order valence-corrected chi connectivity index (χ0v) is 21.3.